The molecule has 0 saturated heterocycles. The number of carbonyl (C=O) groups excluding carboxylic acids is 1. The number of hydrogen-bond donors (Lipinski definition) is 1. The highest BCUT2D eigenvalue weighted by Gasteiger charge is 2.15. The van der Waals surface area contributed by atoms with Crippen molar-refractivity contribution in [1.82, 2.24) is 15.1 Å². The number of rotatable bonds is 5. The van der Waals surface area contributed by atoms with Gasteiger partial charge >= 0.3 is 0 Å². The monoisotopic (exact) mass is 311 g/mol. The Morgan fingerprint density at radius 1 is 1.43 bits per heavy atom. The number of thioether (sulfide) groups is 1. The van der Waals surface area contributed by atoms with Gasteiger partial charge in [0.15, 0.2) is 0 Å². The molecule has 0 fully saturated rings. The van der Waals surface area contributed by atoms with Crippen LogP contribution >= 0.6 is 11.8 Å². The molecule has 0 bridgehead atoms. The van der Waals surface area contributed by atoms with Gasteiger partial charge in [-0.05, 0) is 19.1 Å². The quantitative estimate of drug-likeness (QED) is 0.864. The highest BCUT2D eigenvalue weighted by Crippen LogP contribution is 2.28. The number of aromatic nitrogens is 2. The second kappa shape index (κ2) is 6.71. The lowest BCUT2D eigenvalue weighted by atomic mass is 10.2. The topological polar surface area (TPSA) is 46.9 Å². The Balaban J connectivity index is 2.08. The molecule has 1 heterocycles. The molecule has 2 aromatic rings. The third kappa shape index (κ3) is 3.81. The summed E-state index contributed by atoms with van der Waals surface area (Å²) in [5.41, 5.74) is 2.10. The first-order chi connectivity index (χ1) is 9.99. The summed E-state index contributed by atoms with van der Waals surface area (Å²) in [7, 11) is 1.81. The van der Waals surface area contributed by atoms with Gasteiger partial charge < -0.3 is 5.32 Å². The predicted molar refractivity (Wildman–Crippen MR) is 77.4 cm³/mol. The summed E-state index contributed by atoms with van der Waals surface area (Å²) in [4.78, 5) is 12.4. The second-order valence-electron chi connectivity index (χ2n) is 4.44. The second-order valence-corrected chi connectivity index (χ2v) is 5.47. The summed E-state index contributed by atoms with van der Waals surface area (Å²) in [5, 5.41) is 6.82. The van der Waals surface area contributed by atoms with Gasteiger partial charge in [-0.1, -0.05) is 23.9 Å². The van der Waals surface area contributed by atoms with Gasteiger partial charge in [-0.2, -0.15) is 13.9 Å². The number of halogens is 2. The Hall–Kier alpha value is -1.89. The first kappa shape index (κ1) is 15.5. The van der Waals surface area contributed by atoms with Gasteiger partial charge in [0.1, 0.15) is 0 Å². The lowest BCUT2D eigenvalue weighted by molar-refractivity contribution is 0.0948. The summed E-state index contributed by atoms with van der Waals surface area (Å²) in [6, 6.07) is 6.34. The van der Waals surface area contributed by atoms with Crippen LogP contribution in [0.5, 0.6) is 0 Å². The van der Waals surface area contributed by atoms with Crippen LogP contribution in [0.1, 0.15) is 21.6 Å². The maximum atomic E-state index is 12.5. The zero-order chi connectivity index (χ0) is 15.4. The first-order valence-corrected chi connectivity index (χ1v) is 7.16. The van der Waals surface area contributed by atoms with Crippen molar-refractivity contribution in [3.63, 3.8) is 0 Å². The number of nitrogens with zero attached hydrogens (tertiary/aromatic N) is 2. The van der Waals surface area contributed by atoms with Crippen molar-refractivity contribution >= 4 is 17.7 Å². The Labute approximate surface area is 125 Å². The van der Waals surface area contributed by atoms with Gasteiger partial charge in [-0.3, -0.25) is 9.48 Å². The van der Waals surface area contributed by atoms with E-state index < -0.39 is 5.76 Å². The van der Waals surface area contributed by atoms with E-state index in [0.717, 1.165) is 11.3 Å². The molecule has 0 radical (unpaired) electrons. The Kier molecular flexibility index (Phi) is 4.95. The van der Waals surface area contributed by atoms with E-state index in [4.69, 9.17) is 0 Å². The molecule has 21 heavy (non-hydrogen) atoms. The zero-order valence-electron chi connectivity index (χ0n) is 11.6. The molecule has 1 aromatic carbocycles. The average Bonchev–Trinajstić information content (AvgIpc) is 2.76. The molecular weight excluding hydrogens is 296 g/mol. The molecular formula is C14H15F2N3OS. The van der Waals surface area contributed by atoms with E-state index in [-0.39, 0.29) is 16.4 Å². The number of alkyl halides is 2. The lowest BCUT2D eigenvalue weighted by Crippen LogP contribution is -2.23. The van der Waals surface area contributed by atoms with Crippen LogP contribution in [0.15, 0.2) is 35.4 Å². The molecule has 7 heteroatoms. The molecule has 0 atom stereocenters. The SMILES string of the molecule is Cc1c(CNC(=O)c2ccccc2SC(F)F)cnn1C. The smallest absolute Gasteiger partial charge is 0.288 e. The van der Waals surface area contributed by atoms with Crippen LogP contribution < -0.4 is 5.32 Å². The molecule has 0 saturated carbocycles. The van der Waals surface area contributed by atoms with Crippen LogP contribution in [-0.4, -0.2) is 21.4 Å². The first-order valence-electron chi connectivity index (χ1n) is 6.28. The molecule has 1 amide bonds. The van der Waals surface area contributed by atoms with Crippen molar-refractivity contribution in [1.29, 1.82) is 0 Å². The fraction of sp³-hybridized carbons (Fsp3) is 0.286. The maximum absolute atomic E-state index is 12.5. The Morgan fingerprint density at radius 3 is 2.76 bits per heavy atom. The predicted octanol–water partition coefficient (Wildman–Crippen LogP) is 2.97. The maximum Gasteiger partial charge on any atom is 0.288 e. The van der Waals surface area contributed by atoms with Crippen LogP contribution in [0.4, 0.5) is 8.78 Å². The molecule has 0 unspecified atom stereocenters. The molecule has 1 aromatic heterocycles. The number of hydrogen-bond acceptors (Lipinski definition) is 3. The van der Waals surface area contributed by atoms with Crippen LogP contribution in [0.2, 0.25) is 0 Å². The van der Waals surface area contributed by atoms with Gasteiger partial charge in [0, 0.05) is 29.7 Å². The Morgan fingerprint density at radius 2 is 2.14 bits per heavy atom. The average molecular weight is 311 g/mol. The van der Waals surface area contributed by atoms with Crippen LogP contribution in [0.3, 0.4) is 0 Å². The molecule has 1 N–H and O–H groups in total. The van der Waals surface area contributed by atoms with E-state index >= 15 is 0 Å². The summed E-state index contributed by atoms with van der Waals surface area (Å²) in [6.07, 6.45) is 1.68. The third-order valence-corrected chi connectivity index (χ3v) is 3.91. The molecule has 0 aliphatic heterocycles. The highest BCUT2D eigenvalue weighted by molar-refractivity contribution is 7.99. The summed E-state index contributed by atoms with van der Waals surface area (Å²) < 4.78 is 26.7. The minimum Gasteiger partial charge on any atom is -0.348 e. The molecule has 0 spiro atoms. The van der Waals surface area contributed by atoms with E-state index in [1.165, 1.54) is 12.1 Å². The number of amides is 1. The summed E-state index contributed by atoms with van der Waals surface area (Å²) in [6.45, 7) is 2.21. The number of carbonyl (C=O) groups is 1. The van der Waals surface area contributed by atoms with Gasteiger partial charge in [0.25, 0.3) is 11.7 Å². The van der Waals surface area contributed by atoms with Gasteiger partial charge in [-0.25, -0.2) is 0 Å². The molecule has 112 valence electrons. The van der Waals surface area contributed by atoms with Crippen LogP contribution in [0, 0.1) is 6.92 Å². The number of nitrogens with one attached hydrogen (secondary N) is 1. The van der Waals surface area contributed by atoms with Gasteiger partial charge in [-0.15, -0.1) is 0 Å². The standard InChI is InChI=1S/C14H15F2N3OS/c1-9-10(8-18-19(9)2)7-17-13(20)11-5-3-4-6-12(11)21-14(15)16/h3-6,8,14H,7H2,1-2H3,(H,17,20). The van der Waals surface area contributed by atoms with E-state index in [2.05, 4.69) is 10.4 Å². The van der Waals surface area contributed by atoms with E-state index in [0.29, 0.717) is 18.3 Å². The van der Waals surface area contributed by atoms with Crippen molar-refractivity contribution in [2.75, 3.05) is 0 Å². The van der Waals surface area contributed by atoms with Gasteiger partial charge in [0.05, 0.1) is 11.8 Å². The van der Waals surface area contributed by atoms with Crippen LogP contribution in [-0.2, 0) is 13.6 Å². The number of aryl methyl sites for hydroxylation is 1. The normalized spacial score (nSPS) is 10.9. The largest absolute Gasteiger partial charge is 0.348 e. The van der Waals surface area contributed by atoms with Gasteiger partial charge in [0.2, 0.25) is 0 Å². The molecule has 0 aliphatic rings. The van der Waals surface area contributed by atoms with Crippen molar-refractivity contribution in [2.24, 2.45) is 7.05 Å². The summed E-state index contributed by atoms with van der Waals surface area (Å²) >= 11 is 0.372. The lowest BCUT2D eigenvalue weighted by Gasteiger charge is -2.09. The fourth-order valence-electron chi connectivity index (χ4n) is 1.84. The van der Waals surface area contributed by atoms with Crippen molar-refractivity contribution in [3.05, 3.63) is 47.3 Å². The minimum absolute atomic E-state index is 0.254. The highest BCUT2D eigenvalue weighted by atomic mass is 32.2. The minimum atomic E-state index is -2.56. The van der Waals surface area contributed by atoms with E-state index in [1.807, 2.05) is 14.0 Å². The van der Waals surface area contributed by atoms with E-state index in [9.17, 15) is 13.6 Å². The van der Waals surface area contributed by atoms with Crippen LogP contribution in [0.25, 0.3) is 0 Å². The van der Waals surface area contributed by atoms with Crippen molar-refractivity contribution < 1.29 is 13.6 Å². The molecule has 0 aliphatic carbocycles. The number of benzene rings is 1. The van der Waals surface area contributed by atoms with Crippen molar-refractivity contribution in [2.45, 2.75) is 24.1 Å². The van der Waals surface area contributed by atoms with Crippen molar-refractivity contribution in [3.8, 4) is 0 Å². The fourth-order valence-corrected chi connectivity index (χ4v) is 2.48. The third-order valence-electron chi connectivity index (χ3n) is 3.12. The zero-order valence-corrected chi connectivity index (χ0v) is 12.5. The molecule has 4 nitrogen and oxygen atoms in total. The van der Waals surface area contributed by atoms with E-state index in [1.54, 1.807) is 23.0 Å². The molecule has 2 rings (SSSR count). The summed E-state index contributed by atoms with van der Waals surface area (Å²) in [5.74, 6) is -2.93. The Bertz CT molecular complexity index is 643.